The third kappa shape index (κ3) is 1.13. The van der Waals surface area contributed by atoms with E-state index in [0.29, 0.717) is 11.3 Å². The summed E-state index contributed by atoms with van der Waals surface area (Å²) in [6.07, 6.45) is 0.765. The minimum Gasteiger partial charge on any atom is -0.497 e. The van der Waals surface area contributed by atoms with Crippen molar-refractivity contribution in [3.05, 3.63) is 30.0 Å². The Bertz CT molecular complexity index is 678. The van der Waals surface area contributed by atoms with Crippen LogP contribution in [0.15, 0.2) is 28.7 Å². The lowest BCUT2D eigenvalue weighted by molar-refractivity contribution is 0.111. The average molecular weight is 215 g/mol. The van der Waals surface area contributed by atoms with Gasteiger partial charge in [0.2, 0.25) is 0 Å². The molecule has 0 fully saturated rings. The number of carbonyl (C=O) groups is 1. The summed E-state index contributed by atoms with van der Waals surface area (Å²) < 4.78 is 10.7. The number of nitrogens with one attached hydrogen (secondary N) is 1. The van der Waals surface area contributed by atoms with E-state index in [2.05, 4.69) is 4.98 Å². The quantitative estimate of drug-likeness (QED) is 0.668. The molecule has 0 aliphatic carbocycles. The summed E-state index contributed by atoms with van der Waals surface area (Å²) in [5.41, 5.74) is 2.80. The number of hydrogen-bond donors (Lipinski definition) is 1. The minimum absolute atomic E-state index is 0.512. The molecule has 0 atom stereocenters. The van der Waals surface area contributed by atoms with Crippen LogP contribution in [0.5, 0.6) is 5.75 Å². The molecule has 2 aromatic heterocycles. The first kappa shape index (κ1) is 9.03. The molecule has 0 aliphatic heterocycles. The third-order valence-corrected chi connectivity index (χ3v) is 2.61. The first-order valence-corrected chi connectivity index (χ1v) is 4.86. The number of aromatic nitrogens is 1. The molecule has 0 radical (unpaired) electrons. The standard InChI is InChI=1S/C12H9NO3/c1-15-8-2-3-10-9(5-8)12-11(16-10)4-7(6-14)13-12/h2-6,13H,1H3. The summed E-state index contributed by atoms with van der Waals surface area (Å²) in [6, 6.07) is 7.26. The lowest BCUT2D eigenvalue weighted by Gasteiger charge is -1.97. The molecule has 0 aliphatic rings. The molecule has 0 unspecified atom stereocenters. The zero-order chi connectivity index (χ0) is 11.1. The largest absolute Gasteiger partial charge is 0.497 e. The first-order valence-electron chi connectivity index (χ1n) is 4.86. The number of benzene rings is 1. The van der Waals surface area contributed by atoms with Gasteiger partial charge < -0.3 is 14.1 Å². The van der Waals surface area contributed by atoms with Gasteiger partial charge in [0.25, 0.3) is 0 Å². The van der Waals surface area contributed by atoms with Crippen molar-refractivity contribution in [3.63, 3.8) is 0 Å². The van der Waals surface area contributed by atoms with E-state index in [9.17, 15) is 4.79 Å². The lowest BCUT2D eigenvalue weighted by Crippen LogP contribution is -1.81. The molecule has 0 saturated heterocycles. The number of fused-ring (bicyclic) bond motifs is 3. The van der Waals surface area contributed by atoms with Crippen LogP contribution in [-0.2, 0) is 0 Å². The number of rotatable bonds is 2. The number of H-pyrrole nitrogens is 1. The van der Waals surface area contributed by atoms with E-state index in [4.69, 9.17) is 9.15 Å². The number of ether oxygens (including phenoxy) is 1. The summed E-state index contributed by atoms with van der Waals surface area (Å²) in [7, 11) is 1.62. The summed E-state index contributed by atoms with van der Waals surface area (Å²) in [6.45, 7) is 0. The number of aldehydes is 1. The average Bonchev–Trinajstić information content (AvgIpc) is 2.85. The number of carbonyl (C=O) groups excluding carboxylic acids is 1. The fourth-order valence-electron chi connectivity index (χ4n) is 1.84. The molecule has 80 valence electrons. The second-order valence-electron chi connectivity index (χ2n) is 3.55. The molecule has 4 heteroatoms. The molecule has 1 N–H and O–H groups in total. The molecule has 0 amide bonds. The molecule has 0 bridgehead atoms. The molecule has 16 heavy (non-hydrogen) atoms. The van der Waals surface area contributed by atoms with Crippen molar-refractivity contribution in [1.82, 2.24) is 4.98 Å². The zero-order valence-electron chi connectivity index (χ0n) is 8.61. The highest BCUT2D eigenvalue weighted by Gasteiger charge is 2.10. The van der Waals surface area contributed by atoms with Crippen molar-refractivity contribution in [1.29, 1.82) is 0 Å². The van der Waals surface area contributed by atoms with Crippen LogP contribution in [0.4, 0.5) is 0 Å². The van der Waals surface area contributed by atoms with E-state index < -0.39 is 0 Å². The van der Waals surface area contributed by atoms with Crippen LogP contribution >= 0.6 is 0 Å². The first-order chi connectivity index (χ1) is 7.81. The third-order valence-electron chi connectivity index (χ3n) is 2.61. The Morgan fingerprint density at radius 1 is 1.31 bits per heavy atom. The van der Waals surface area contributed by atoms with Crippen molar-refractivity contribution in [2.24, 2.45) is 0 Å². The van der Waals surface area contributed by atoms with Crippen LogP contribution in [0.25, 0.3) is 22.1 Å². The molecule has 0 saturated carbocycles. The Kier molecular flexibility index (Phi) is 1.77. The van der Waals surface area contributed by atoms with Gasteiger partial charge in [-0.15, -0.1) is 0 Å². The molecular weight excluding hydrogens is 206 g/mol. The predicted octanol–water partition coefficient (Wildman–Crippen LogP) is 2.74. The number of methoxy groups -OCH3 is 1. The Labute approximate surface area is 90.8 Å². The Balaban J connectivity index is 2.38. The van der Waals surface area contributed by atoms with Crippen LogP contribution in [0.3, 0.4) is 0 Å². The fourth-order valence-corrected chi connectivity index (χ4v) is 1.84. The van der Waals surface area contributed by atoms with Gasteiger partial charge >= 0.3 is 0 Å². The predicted molar refractivity (Wildman–Crippen MR) is 60.0 cm³/mol. The smallest absolute Gasteiger partial charge is 0.166 e. The zero-order valence-corrected chi connectivity index (χ0v) is 8.61. The highest BCUT2D eigenvalue weighted by Crippen LogP contribution is 2.31. The van der Waals surface area contributed by atoms with Crippen molar-refractivity contribution in [2.45, 2.75) is 0 Å². The van der Waals surface area contributed by atoms with Crippen LogP contribution < -0.4 is 4.74 Å². The van der Waals surface area contributed by atoms with E-state index in [1.165, 1.54) is 0 Å². The van der Waals surface area contributed by atoms with Crippen molar-refractivity contribution < 1.29 is 13.9 Å². The molecule has 4 nitrogen and oxygen atoms in total. The Morgan fingerprint density at radius 3 is 2.94 bits per heavy atom. The Morgan fingerprint density at radius 2 is 2.19 bits per heavy atom. The van der Waals surface area contributed by atoms with E-state index >= 15 is 0 Å². The number of hydrogen-bond acceptors (Lipinski definition) is 3. The molecular formula is C12H9NO3. The van der Waals surface area contributed by atoms with Gasteiger partial charge in [-0.05, 0) is 18.2 Å². The molecule has 1 aromatic carbocycles. The van der Waals surface area contributed by atoms with Gasteiger partial charge in [-0.3, -0.25) is 4.79 Å². The maximum absolute atomic E-state index is 10.6. The summed E-state index contributed by atoms with van der Waals surface area (Å²) >= 11 is 0. The van der Waals surface area contributed by atoms with Crippen molar-refractivity contribution in [2.75, 3.05) is 7.11 Å². The molecule has 0 spiro atoms. The van der Waals surface area contributed by atoms with Gasteiger partial charge in [-0.1, -0.05) is 0 Å². The fraction of sp³-hybridized carbons (Fsp3) is 0.0833. The molecule has 3 aromatic rings. The monoisotopic (exact) mass is 215 g/mol. The second-order valence-corrected chi connectivity index (χ2v) is 3.55. The molecule has 2 heterocycles. The SMILES string of the molecule is COc1ccc2oc3cc(C=O)[nH]c3c2c1. The highest BCUT2D eigenvalue weighted by molar-refractivity contribution is 6.05. The van der Waals surface area contributed by atoms with Gasteiger partial charge in [0.15, 0.2) is 11.9 Å². The van der Waals surface area contributed by atoms with Crippen LogP contribution in [0.2, 0.25) is 0 Å². The van der Waals surface area contributed by atoms with Crippen LogP contribution in [-0.4, -0.2) is 18.4 Å². The number of furan rings is 1. The van der Waals surface area contributed by atoms with Crippen molar-refractivity contribution in [3.8, 4) is 5.75 Å². The van der Waals surface area contributed by atoms with Crippen LogP contribution in [0, 0.1) is 0 Å². The minimum atomic E-state index is 0.512. The van der Waals surface area contributed by atoms with E-state index in [0.717, 1.165) is 28.5 Å². The van der Waals surface area contributed by atoms with Gasteiger partial charge in [-0.25, -0.2) is 0 Å². The van der Waals surface area contributed by atoms with E-state index in [1.807, 2.05) is 18.2 Å². The van der Waals surface area contributed by atoms with Gasteiger partial charge in [0.1, 0.15) is 11.3 Å². The maximum atomic E-state index is 10.6. The Hall–Kier alpha value is -2.23. The van der Waals surface area contributed by atoms with E-state index in [-0.39, 0.29) is 0 Å². The molecule has 3 rings (SSSR count). The topological polar surface area (TPSA) is 55.2 Å². The summed E-state index contributed by atoms with van der Waals surface area (Å²) in [4.78, 5) is 13.6. The second kappa shape index (κ2) is 3.13. The summed E-state index contributed by atoms with van der Waals surface area (Å²) in [5, 5.41) is 0.919. The summed E-state index contributed by atoms with van der Waals surface area (Å²) in [5.74, 6) is 0.762. The number of aromatic amines is 1. The lowest BCUT2D eigenvalue weighted by atomic mass is 10.2. The highest BCUT2D eigenvalue weighted by atomic mass is 16.5. The van der Waals surface area contributed by atoms with Crippen molar-refractivity contribution >= 4 is 28.4 Å². The maximum Gasteiger partial charge on any atom is 0.166 e. The van der Waals surface area contributed by atoms with Gasteiger partial charge in [-0.2, -0.15) is 0 Å². The van der Waals surface area contributed by atoms with Gasteiger partial charge in [0, 0.05) is 11.5 Å². The van der Waals surface area contributed by atoms with Crippen LogP contribution in [0.1, 0.15) is 10.5 Å². The van der Waals surface area contributed by atoms with Gasteiger partial charge in [0.05, 0.1) is 18.3 Å². The van der Waals surface area contributed by atoms with E-state index in [1.54, 1.807) is 13.2 Å². The normalized spacial score (nSPS) is 11.1.